The lowest BCUT2D eigenvalue weighted by molar-refractivity contribution is -0.131. The largest absolute Gasteiger partial charge is 0.489 e. The highest BCUT2D eigenvalue weighted by atomic mass is 16.5. The number of benzene rings is 3. The Morgan fingerprint density at radius 3 is 2.45 bits per heavy atom. The van der Waals surface area contributed by atoms with Gasteiger partial charge in [0.05, 0.1) is 11.6 Å². The molecule has 5 heteroatoms. The molecule has 3 aromatic rings. The lowest BCUT2D eigenvalue weighted by Crippen LogP contribution is -2.30. The van der Waals surface area contributed by atoms with Crippen LogP contribution in [-0.2, 0) is 22.7 Å². The van der Waals surface area contributed by atoms with E-state index in [1.165, 1.54) is 7.11 Å². The molecule has 0 saturated heterocycles. The number of hydrogen-bond acceptors (Lipinski definition) is 4. The van der Waals surface area contributed by atoms with Crippen LogP contribution in [0.3, 0.4) is 0 Å². The fourth-order valence-corrected chi connectivity index (χ4v) is 2.88. The molecule has 0 radical (unpaired) electrons. The van der Waals surface area contributed by atoms with Gasteiger partial charge in [-0.15, -0.1) is 0 Å². The first-order valence-corrected chi connectivity index (χ1v) is 9.26. The summed E-state index contributed by atoms with van der Waals surface area (Å²) in [4.78, 5) is 12.6. The van der Waals surface area contributed by atoms with Crippen LogP contribution in [0.15, 0.2) is 78.9 Å². The predicted octanol–water partition coefficient (Wildman–Crippen LogP) is 4.14. The summed E-state index contributed by atoms with van der Waals surface area (Å²) in [6, 6.07) is 26.4. The molecule has 146 valence electrons. The third kappa shape index (κ3) is 5.68. The lowest BCUT2D eigenvalue weighted by Gasteiger charge is -2.17. The zero-order valence-corrected chi connectivity index (χ0v) is 16.2. The van der Waals surface area contributed by atoms with Gasteiger partial charge in [0.25, 0.3) is 5.91 Å². The van der Waals surface area contributed by atoms with E-state index in [1.54, 1.807) is 12.1 Å². The number of carbonyl (C=O) groups is 1. The van der Waals surface area contributed by atoms with Crippen LogP contribution in [0.2, 0.25) is 0 Å². The smallest absolute Gasteiger partial charge is 0.254 e. The monoisotopic (exact) mass is 386 g/mol. The Bertz CT molecular complexity index is 979. The van der Waals surface area contributed by atoms with Crippen LogP contribution in [0, 0.1) is 11.3 Å². The molecule has 0 bridgehead atoms. The second kappa shape index (κ2) is 10.1. The average molecular weight is 386 g/mol. The number of ether oxygens (including phenoxy) is 2. The molecular weight excluding hydrogens is 364 g/mol. The number of carbonyl (C=O) groups excluding carboxylic acids is 1. The van der Waals surface area contributed by atoms with Crippen LogP contribution in [0.5, 0.6) is 5.75 Å². The van der Waals surface area contributed by atoms with Crippen molar-refractivity contribution in [3.05, 3.63) is 101 Å². The zero-order chi connectivity index (χ0) is 20.5. The molecule has 0 aromatic heterocycles. The van der Waals surface area contributed by atoms with Crippen molar-refractivity contribution in [1.29, 1.82) is 5.26 Å². The molecule has 0 unspecified atom stereocenters. The molecule has 1 N–H and O–H groups in total. The van der Waals surface area contributed by atoms with Gasteiger partial charge in [-0.2, -0.15) is 5.26 Å². The second-order valence-corrected chi connectivity index (χ2v) is 6.49. The van der Waals surface area contributed by atoms with Gasteiger partial charge >= 0.3 is 0 Å². The van der Waals surface area contributed by atoms with Crippen LogP contribution in [-0.4, -0.2) is 13.0 Å². The predicted molar refractivity (Wildman–Crippen MR) is 110 cm³/mol. The van der Waals surface area contributed by atoms with Crippen molar-refractivity contribution in [1.82, 2.24) is 5.32 Å². The second-order valence-electron chi connectivity index (χ2n) is 6.49. The minimum absolute atomic E-state index is 0.239. The normalized spacial score (nSPS) is 11.3. The van der Waals surface area contributed by atoms with Crippen molar-refractivity contribution < 1.29 is 14.3 Å². The van der Waals surface area contributed by atoms with Crippen molar-refractivity contribution in [2.75, 3.05) is 7.11 Å². The molecule has 0 saturated carbocycles. The molecule has 29 heavy (non-hydrogen) atoms. The van der Waals surface area contributed by atoms with Crippen molar-refractivity contribution >= 4 is 5.91 Å². The Kier molecular flexibility index (Phi) is 6.99. The van der Waals surface area contributed by atoms with Crippen LogP contribution < -0.4 is 10.1 Å². The summed E-state index contributed by atoms with van der Waals surface area (Å²) < 4.78 is 11.3. The van der Waals surface area contributed by atoms with Gasteiger partial charge < -0.3 is 14.8 Å². The molecule has 1 atom stereocenters. The van der Waals surface area contributed by atoms with Crippen molar-refractivity contribution in [2.45, 2.75) is 19.3 Å². The minimum Gasteiger partial charge on any atom is -0.489 e. The number of rotatable bonds is 8. The molecule has 3 rings (SSSR count). The summed E-state index contributed by atoms with van der Waals surface area (Å²) in [6.07, 6.45) is -0.742. The molecule has 0 fully saturated rings. The molecule has 5 nitrogen and oxygen atoms in total. The van der Waals surface area contributed by atoms with E-state index in [0.29, 0.717) is 24.5 Å². The number of hydrogen-bond donors (Lipinski definition) is 1. The first-order chi connectivity index (χ1) is 14.2. The highest BCUT2D eigenvalue weighted by Crippen LogP contribution is 2.23. The number of nitrogens with one attached hydrogen (secondary N) is 1. The van der Waals surface area contributed by atoms with Crippen molar-refractivity contribution in [3.8, 4) is 11.8 Å². The van der Waals surface area contributed by atoms with Crippen LogP contribution in [0.25, 0.3) is 0 Å². The maximum Gasteiger partial charge on any atom is 0.254 e. The molecule has 0 spiro atoms. The van der Waals surface area contributed by atoms with E-state index < -0.39 is 6.10 Å². The number of amides is 1. The van der Waals surface area contributed by atoms with E-state index in [4.69, 9.17) is 14.7 Å². The van der Waals surface area contributed by atoms with E-state index >= 15 is 0 Å². The zero-order valence-electron chi connectivity index (χ0n) is 16.2. The Morgan fingerprint density at radius 1 is 1.00 bits per heavy atom. The topological polar surface area (TPSA) is 71.3 Å². The number of methoxy groups -OCH3 is 1. The summed E-state index contributed by atoms with van der Waals surface area (Å²) >= 11 is 0. The summed E-state index contributed by atoms with van der Waals surface area (Å²) in [7, 11) is 1.50. The Balaban J connectivity index is 1.62. The fourth-order valence-electron chi connectivity index (χ4n) is 2.88. The Hall–Kier alpha value is -3.62. The molecule has 0 aliphatic heterocycles. The highest BCUT2D eigenvalue weighted by molar-refractivity contribution is 5.82. The fraction of sp³-hybridized carbons (Fsp3) is 0.167. The van der Waals surface area contributed by atoms with Crippen LogP contribution in [0.1, 0.15) is 28.4 Å². The van der Waals surface area contributed by atoms with Gasteiger partial charge in [0.1, 0.15) is 12.4 Å². The van der Waals surface area contributed by atoms with Gasteiger partial charge in [-0.25, -0.2) is 0 Å². The lowest BCUT2D eigenvalue weighted by atomic mass is 10.1. The first-order valence-electron chi connectivity index (χ1n) is 9.26. The molecule has 1 amide bonds. The summed E-state index contributed by atoms with van der Waals surface area (Å²) in [5.74, 6) is 0.436. The minimum atomic E-state index is -0.742. The van der Waals surface area contributed by atoms with E-state index in [2.05, 4.69) is 11.4 Å². The van der Waals surface area contributed by atoms with Gasteiger partial charge in [0, 0.05) is 13.7 Å². The van der Waals surface area contributed by atoms with Gasteiger partial charge in [-0.05, 0) is 41.0 Å². The standard InChI is InChI=1S/C24H22N2O3/c1-28-23(24(27)26-16-19-12-10-18(15-25)11-13-19)21-8-5-9-22(14-21)29-17-20-6-3-2-4-7-20/h2-14,23H,16-17H2,1H3,(H,26,27)/t23-/m0/s1. The molecule has 0 aliphatic carbocycles. The van der Waals surface area contributed by atoms with E-state index in [-0.39, 0.29) is 5.91 Å². The Morgan fingerprint density at radius 2 is 1.76 bits per heavy atom. The van der Waals surface area contributed by atoms with E-state index in [9.17, 15) is 4.79 Å². The van der Waals surface area contributed by atoms with Crippen molar-refractivity contribution in [2.24, 2.45) is 0 Å². The first kappa shape index (κ1) is 20.1. The van der Waals surface area contributed by atoms with E-state index in [1.807, 2.05) is 66.7 Å². The molecule has 3 aromatic carbocycles. The summed E-state index contributed by atoms with van der Waals surface area (Å²) in [5.41, 5.74) is 3.28. The number of nitriles is 1. The van der Waals surface area contributed by atoms with Gasteiger partial charge in [-0.3, -0.25) is 4.79 Å². The van der Waals surface area contributed by atoms with Gasteiger partial charge in [0.2, 0.25) is 0 Å². The SMILES string of the molecule is CO[C@H](C(=O)NCc1ccc(C#N)cc1)c1cccc(OCc2ccccc2)c1. The molecule has 0 aliphatic rings. The van der Waals surface area contributed by atoms with Crippen molar-refractivity contribution in [3.63, 3.8) is 0 Å². The Labute approximate surface area is 170 Å². The molecular formula is C24H22N2O3. The van der Waals surface area contributed by atoms with Gasteiger partial charge in [0.15, 0.2) is 6.10 Å². The molecule has 0 heterocycles. The van der Waals surface area contributed by atoms with E-state index in [0.717, 1.165) is 16.7 Å². The summed E-state index contributed by atoms with van der Waals surface area (Å²) in [5, 5.41) is 11.7. The third-order valence-electron chi connectivity index (χ3n) is 4.43. The number of nitrogens with zero attached hydrogens (tertiary/aromatic N) is 1. The highest BCUT2D eigenvalue weighted by Gasteiger charge is 2.20. The summed E-state index contributed by atoms with van der Waals surface area (Å²) in [6.45, 7) is 0.807. The quantitative estimate of drug-likeness (QED) is 0.632. The average Bonchev–Trinajstić information content (AvgIpc) is 2.78. The maximum atomic E-state index is 12.6. The van der Waals surface area contributed by atoms with Crippen LogP contribution >= 0.6 is 0 Å². The maximum absolute atomic E-state index is 12.6. The van der Waals surface area contributed by atoms with Gasteiger partial charge in [-0.1, -0.05) is 54.6 Å². The third-order valence-corrected chi connectivity index (χ3v) is 4.43. The van der Waals surface area contributed by atoms with Crippen LogP contribution in [0.4, 0.5) is 0 Å².